The Morgan fingerprint density at radius 3 is 2.71 bits per heavy atom. The van der Waals surface area contributed by atoms with Crippen LogP contribution >= 0.6 is 0 Å². The van der Waals surface area contributed by atoms with Gasteiger partial charge in [-0.25, -0.2) is 0 Å². The minimum absolute atomic E-state index is 0.509. The predicted molar refractivity (Wildman–Crippen MR) is 73.3 cm³/mol. The topological polar surface area (TPSA) is 24.5 Å². The third kappa shape index (κ3) is 4.57. The van der Waals surface area contributed by atoms with E-state index in [0.29, 0.717) is 12.1 Å². The van der Waals surface area contributed by atoms with Crippen molar-refractivity contribution in [3.63, 3.8) is 0 Å². The zero-order chi connectivity index (χ0) is 12.8. The molecule has 0 saturated heterocycles. The fourth-order valence-corrected chi connectivity index (χ4v) is 3.00. The van der Waals surface area contributed by atoms with E-state index in [9.17, 15) is 0 Å². The second kappa shape index (κ2) is 7.34. The van der Waals surface area contributed by atoms with Crippen molar-refractivity contribution < 1.29 is 4.74 Å². The van der Waals surface area contributed by atoms with Crippen LogP contribution in [0.3, 0.4) is 0 Å². The van der Waals surface area contributed by atoms with E-state index in [1.807, 2.05) is 0 Å². The average Bonchev–Trinajstić information content (AvgIpc) is 2.29. The molecule has 0 aromatic carbocycles. The molecule has 0 aromatic heterocycles. The van der Waals surface area contributed by atoms with Crippen molar-refractivity contribution in [2.45, 2.75) is 45.2 Å². The highest BCUT2D eigenvalue weighted by molar-refractivity contribution is 4.85. The van der Waals surface area contributed by atoms with Crippen LogP contribution in [0.2, 0.25) is 0 Å². The standard InChI is InChI=1S/C14H30N2O/c1-11-6-7-14(15-3)13(8-11)9-16(4)12(2)10-17-5/h11-15H,6-10H2,1-5H3. The number of nitrogens with zero attached hydrogens (tertiary/aromatic N) is 1. The first kappa shape index (κ1) is 14.9. The first-order valence-electron chi connectivity index (χ1n) is 6.94. The van der Waals surface area contributed by atoms with Crippen molar-refractivity contribution >= 4 is 0 Å². The maximum atomic E-state index is 5.23. The molecule has 0 bridgehead atoms. The monoisotopic (exact) mass is 242 g/mol. The molecule has 3 heteroatoms. The van der Waals surface area contributed by atoms with Crippen LogP contribution in [-0.4, -0.2) is 51.3 Å². The molecule has 0 spiro atoms. The smallest absolute Gasteiger partial charge is 0.0615 e. The lowest BCUT2D eigenvalue weighted by molar-refractivity contribution is 0.0873. The Balaban J connectivity index is 2.46. The quantitative estimate of drug-likeness (QED) is 0.771. The second-order valence-corrected chi connectivity index (χ2v) is 5.82. The molecule has 3 nitrogen and oxygen atoms in total. The molecule has 1 aliphatic rings. The molecule has 1 fully saturated rings. The summed E-state index contributed by atoms with van der Waals surface area (Å²) < 4.78 is 5.23. The lowest BCUT2D eigenvalue weighted by Crippen LogP contribution is -2.46. The second-order valence-electron chi connectivity index (χ2n) is 5.82. The van der Waals surface area contributed by atoms with E-state index in [0.717, 1.165) is 18.4 Å². The van der Waals surface area contributed by atoms with Crippen LogP contribution in [0, 0.1) is 11.8 Å². The van der Waals surface area contributed by atoms with Crippen molar-refractivity contribution in [3.05, 3.63) is 0 Å². The molecule has 1 N–H and O–H groups in total. The summed E-state index contributed by atoms with van der Waals surface area (Å²) in [6, 6.07) is 1.21. The van der Waals surface area contributed by atoms with Gasteiger partial charge >= 0.3 is 0 Å². The summed E-state index contributed by atoms with van der Waals surface area (Å²) >= 11 is 0. The molecule has 4 unspecified atom stereocenters. The van der Waals surface area contributed by atoms with Gasteiger partial charge in [0.15, 0.2) is 0 Å². The SMILES string of the molecule is CNC1CCC(C)CC1CN(C)C(C)COC. The van der Waals surface area contributed by atoms with E-state index >= 15 is 0 Å². The summed E-state index contributed by atoms with van der Waals surface area (Å²) in [7, 11) is 6.10. The number of rotatable bonds is 6. The van der Waals surface area contributed by atoms with Gasteiger partial charge in [0.1, 0.15) is 0 Å². The molecule has 0 heterocycles. The minimum Gasteiger partial charge on any atom is -0.383 e. The van der Waals surface area contributed by atoms with Gasteiger partial charge in [-0.1, -0.05) is 6.92 Å². The van der Waals surface area contributed by atoms with Gasteiger partial charge in [0, 0.05) is 25.7 Å². The van der Waals surface area contributed by atoms with Crippen LogP contribution in [0.25, 0.3) is 0 Å². The first-order chi connectivity index (χ1) is 8.08. The van der Waals surface area contributed by atoms with Crippen molar-refractivity contribution in [2.75, 3.05) is 34.4 Å². The highest BCUT2D eigenvalue weighted by atomic mass is 16.5. The Morgan fingerprint density at radius 2 is 2.12 bits per heavy atom. The third-order valence-electron chi connectivity index (χ3n) is 4.30. The minimum atomic E-state index is 0.509. The molecular formula is C14H30N2O. The number of nitrogens with one attached hydrogen (secondary N) is 1. The Bertz CT molecular complexity index is 210. The largest absolute Gasteiger partial charge is 0.383 e. The van der Waals surface area contributed by atoms with Gasteiger partial charge in [0.25, 0.3) is 0 Å². The van der Waals surface area contributed by atoms with Crippen molar-refractivity contribution in [1.82, 2.24) is 10.2 Å². The van der Waals surface area contributed by atoms with E-state index in [2.05, 4.69) is 38.2 Å². The van der Waals surface area contributed by atoms with Gasteiger partial charge < -0.3 is 15.0 Å². The predicted octanol–water partition coefficient (Wildman–Crippen LogP) is 1.98. The fraction of sp³-hybridized carbons (Fsp3) is 1.00. The van der Waals surface area contributed by atoms with Crippen LogP contribution in [0.4, 0.5) is 0 Å². The van der Waals surface area contributed by atoms with Crippen molar-refractivity contribution in [2.24, 2.45) is 11.8 Å². The van der Waals surface area contributed by atoms with Gasteiger partial charge in [0.2, 0.25) is 0 Å². The van der Waals surface area contributed by atoms with Crippen LogP contribution in [0.1, 0.15) is 33.1 Å². The van der Waals surface area contributed by atoms with Crippen LogP contribution in [0.5, 0.6) is 0 Å². The number of hydrogen-bond acceptors (Lipinski definition) is 3. The summed E-state index contributed by atoms with van der Waals surface area (Å²) in [6.45, 7) is 6.63. The molecule has 0 radical (unpaired) electrons. The molecule has 102 valence electrons. The lowest BCUT2D eigenvalue weighted by Gasteiger charge is -2.38. The Hall–Kier alpha value is -0.120. The van der Waals surface area contributed by atoms with Gasteiger partial charge in [-0.15, -0.1) is 0 Å². The molecule has 0 aromatic rings. The van der Waals surface area contributed by atoms with E-state index in [1.165, 1.54) is 25.8 Å². The van der Waals surface area contributed by atoms with Crippen molar-refractivity contribution in [3.8, 4) is 0 Å². The van der Waals surface area contributed by atoms with Crippen LogP contribution < -0.4 is 5.32 Å². The maximum Gasteiger partial charge on any atom is 0.0615 e. The highest BCUT2D eigenvalue weighted by Crippen LogP contribution is 2.29. The first-order valence-corrected chi connectivity index (χ1v) is 6.94. The number of hydrogen-bond donors (Lipinski definition) is 1. The summed E-state index contributed by atoms with van der Waals surface area (Å²) in [5, 5.41) is 3.49. The van der Waals surface area contributed by atoms with E-state index in [4.69, 9.17) is 4.74 Å². The van der Waals surface area contributed by atoms with Gasteiger partial charge in [0.05, 0.1) is 6.61 Å². The highest BCUT2D eigenvalue weighted by Gasteiger charge is 2.29. The van der Waals surface area contributed by atoms with E-state index in [1.54, 1.807) is 7.11 Å². The molecule has 4 atom stereocenters. The third-order valence-corrected chi connectivity index (χ3v) is 4.30. The average molecular weight is 242 g/mol. The van der Waals surface area contributed by atoms with Gasteiger partial charge in [-0.05, 0) is 52.1 Å². The summed E-state index contributed by atoms with van der Waals surface area (Å²) in [5.74, 6) is 1.67. The molecule has 0 amide bonds. The molecule has 0 aliphatic heterocycles. The van der Waals surface area contributed by atoms with Crippen LogP contribution in [-0.2, 0) is 4.74 Å². The number of methoxy groups -OCH3 is 1. The number of likely N-dealkylation sites (N-methyl/N-ethyl adjacent to an activating group) is 1. The fourth-order valence-electron chi connectivity index (χ4n) is 3.00. The Kier molecular flexibility index (Phi) is 6.45. The Labute approximate surface area is 107 Å². The zero-order valence-electron chi connectivity index (χ0n) is 12.2. The van der Waals surface area contributed by atoms with Gasteiger partial charge in [-0.2, -0.15) is 0 Å². The maximum absolute atomic E-state index is 5.23. The number of ether oxygens (including phenoxy) is 1. The van der Waals surface area contributed by atoms with E-state index in [-0.39, 0.29) is 0 Å². The van der Waals surface area contributed by atoms with Crippen molar-refractivity contribution in [1.29, 1.82) is 0 Å². The normalized spacial score (nSPS) is 31.8. The summed E-state index contributed by atoms with van der Waals surface area (Å²) in [4.78, 5) is 2.44. The molecular weight excluding hydrogens is 212 g/mol. The molecule has 1 aliphatic carbocycles. The van der Waals surface area contributed by atoms with Gasteiger partial charge in [-0.3, -0.25) is 0 Å². The van der Waals surface area contributed by atoms with E-state index < -0.39 is 0 Å². The van der Waals surface area contributed by atoms with Crippen LogP contribution in [0.15, 0.2) is 0 Å². The summed E-state index contributed by atoms with van der Waals surface area (Å²) in [6.07, 6.45) is 4.06. The zero-order valence-corrected chi connectivity index (χ0v) is 12.2. The molecule has 1 saturated carbocycles. The Morgan fingerprint density at radius 1 is 1.41 bits per heavy atom. The molecule has 1 rings (SSSR count). The molecule has 17 heavy (non-hydrogen) atoms. The lowest BCUT2D eigenvalue weighted by atomic mass is 9.78. The summed E-state index contributed by atoms with van der Waals surface area (Å²) in [5.41, 5.74) is 0.